The van der Waals surface area contributed by atoms with Crippen molar-refractivity contribution in [1.29, 1.82) is 0 Å². The summed E-state index contributed by atoms with van der Waals surface area (Å²) in [4.78, 5) is 39.8. The lowest BCUT2D eigenvalue weighted by Crippen LogP contribution is -2.50. The number of Topliss-reactive ketones (excluding diaryl/α,β-unsaturated/α-hetero) is 1. The van der Waals surface area contributed by atoms with Gasteiger partial charge in [0.2, 0.25) is 5.78 Å². The summed E-state index contributed by atoms with van der Waals surface area (Å²) < 4.78 is 17.4. The molecule has 5 rings (SSSR count). The summed E-state index contributed by atoms with van der Waals surface area (Å²) in [5, 5.41) is 43.7. The van der Waals surface area contributed by atoms with E-state index in [2.05, 4.69) is 0 Å². The first-order valence-electron chi connectivity index (χ1n) is 12.7. The summed E-state index contributed by atoms with van der Waals surface area (Å²) in [6.07, 6.45) is -3.11. The molecule has 0 bridgehead atoms. The Morgan fingerprint density at radius 1 is 1.13 bits per heavy atom. The number of ether oxygens (including phenoxy) is 3. The minimum absolute atomic E-state index is 0.0274. The molecule has 2 aliphatic carbocycles. The summed E-state index contributed by atoms with van der Waals surface area (Å²) in [6, 6.07) is 4.14. The number of ketones is 3. The van der Waals surface area contributed by atoms with Gasteiger partial charge in [-0.15, -0.1) is 0 Å². The van der Waals surface area contributed by atoms with Crippen molar-refractivity contribution in [3.63, 3.8) is 0 Å². The van der Waals surface area contributed by atoms with Crippen LogP contribution in [0.3, 0.4) is 0 Å². The molecule has 0 spiro atoms. The van der Waals surface area contributed by atoms with Gasteiger partial charge in [-0.2, -0.15) is 0 Å². The molecular weight excluding hydrogens is 510 g/mol. The number of aliphatic hydroxyl groups is 2. The van der Waals surface area contributed by atoms with Crippen molar-refractivity contribution in [3.8, 4) is 17.2 Å². The first-order chi connectivity index (χ1) is 18.4. The van der Waals surface area contributed by atoms with E-state index in [1.165, 1.54) is 25.3 Å². The van der Waals surface area contributed by atoms with E-state index in [9.17, 15) is 34.8 Å². The molecule has 0 radical (unpaired) electrons. The first-order valence-corrected chi connectivity index (χ1v) is 12.7. The van der Waals surface area contributed by atoms with Gasteiger partial charge >= 0.3 is 0 Å². The number of carbonyl (C=O) groups excluding carboxylic acids is 3. The first kappa shape index (κ1) is 27.2. The van der Waals surface area contributed by atoms with Crippen LogP contribution < -0.4 is 10.5 Å². The van der Waals surface area contributed by atoms with Gasteiger partial charge in [-0.25, -0.2) is 0 Å². The smallest absolute Gasteiger partial charge is 0.202 e. The van der Waals surface area contributed by atoms with E-state index < -0.39 is 77.4 Å². The third kappa shape index (κ3) is 4.12. The number of aliphatic hydroxyl groups excluding tert-OH is 1. The van der Waals surface area contributed by atoms with Gasteiger partial charge in [0.1, 0.15) is 29.5 Å². The topological polar surface area (TPSA) is 186 Å². The van der Waals surface area contributed by atoms with Gasteiger partial charge < -0.3 is 40.4 Å². The molecule has 11 heteroatoms. The van der Waals surface area contributed by atoms with Crippen molar-refractivity contribution >= 4 is 17.3 Å². The Morgan fingerprint density at radius 3 is 2.46 bits per heavy atom. The standard InChI is InChI=1S/C28H31NO10/c1-11-12(2)38-19(7-15(11)29)39-17-9-28(36,18(31)10-30)8-14-21(17)27(35)23-22(25(14)33)24(32)13-5-4-6-16(37-3)20(13)26(23)34/h4-6,11-12,15,17,19,30,33,35-36H,7-10,29H2,1-3H3/t11-,12+,15?,17-,19?,28-/m0/s1. The predicted octanol–water partition coefficient (Wildman–Crippen LogP) is 1.28. The van der Waals surface area contributed by atoms with Crippen LogP contribution in [0.15, 0.2) is 18.2 Å². The molecule has 0 saturated carbocycles. The number of rotatable bonds is 5. The molecular formula is C28H31NO10. The van der Waals surface area contributed by atoms with E-state index in [1.54, 1.807) is 0 Å². The average Bonchev–Trinajstić information content (AvgIpc) is 2.90. The number of benzene rings is 2. The zero-order valence-electron chi connectivity index (χ0n) is 21.8. The maximum absolute atomic E-state index is 13.7. The van der Waals surface area contributed by atoms with Gasteiger partial charge in [0.15, 0.2) is 17.9 Å². The molecule has 39 heavy (non-hydrogen) atoms. The van der Waals surface area contributed by atoms with Crippen LogP contribution in [0.4, 0.5) is 0 Å². The Kier molecular flexibility index (Phi) is 6.76. The van der Waals surface area contributed by atoms with Crippen molar-refractivity contribution < 1.29 is 49.0 Å². The lowest BCUT2D eigenvalue weighted by Gasteiger charge is -2.42. The summed E-state index contributed by atoms with van der Waals surface area (Å²) in [5.41, 5.74) is 2.91. The van der Waals surface area contributed by atoms with Crippen molar-refractivity contribution in [2.45, 2.75) is 63.3 Å². The molecule has 2 unspecified atom stereocenters. The highest BCUT2D eigenvalue weighted by Gasteiger charge is 2.50. The SMILES string of the molecule is COc1cccc2c1C(=O)c1c(O)c3c(c(O)c1C2=O)C[C@@](O)(C(=O)CO)C[C@@H]3OC1CC(N)[C@@H](C)[C@@H](C)O1. The summed E-state index contributed by atoms with van der Waals surface area (Å²) in [6.45, 7) is 2.78. The van der Waals surface area contributed by atoms with Crippen molar-refractivity contribution in [2.75, 3.05) is 13.7 Å². The minimum Gasteiger partial charge on any atom is -0.507 e. The summed E-state index contributed by atoms with van der Waals surface area (Å²) in [5.74, 6) is -3.53. The van der Waals surface area contributed by atoms with Crippen LogP contribution in [0.25, 0.3) is 0 Å². The van der Waals surface area contributed by atoms with Crippen LogP contribution in [0.1, 0.15) is 75.8 Å². The molecule has 0 amide bonds. The number of hydrogen-bond acceptors (Lipinski definition) is 11. The Balaban J connectivity index is 1.69. The van der Waals surface area contributed by atoms with E-state index in [4.69, 9.17) is 19.9 Å². The van der Waals surface area contributed by atoms with Crippen molar-refractivity contribution in [2.24, 2.45) is 11.7 Å². The van der Waals surface area contributed by atoms with Crippen molar-refractivity contribution in [3.05, 3.63) is 51.6 Å². The van der Waals surface area contributed by atoms with Gasteiger partial charge in [0, 0.05) is 42.0 Å². The lowest BCUT2D eigenvalue weighted by molar-refractivity contribution is -0.236. The van der Waals surface area contributed by atoms with E-state index in [0.29, 0.717) is 0 Å². The zero-order chi connectivity index (χ0) is 28.4. The number of hydrogen-bond donors (Lipinski definition) is 5. The van der Waals surface area contributed by atoms with Gasteiger partial charge in [-0.1, -0.05) is 19.1 Å². The normalized spacial score (nSPS) is 29.8. The van der Waals surface area contributed by atoms with E-state index in [-0.39, 0.29) is 52.5 Å². The number of phenolic OH excluding ortho intramolecular Hbond substituents is 2. The third-order valence-corrected chi connectivity index (χ3v) is 8.30. The van der Waals surface area contributed by atoms with Crippen LogP contribution in [0.2, 0.25) is 0 Å². The zero-order valence-corrected chi connectivity index (χ0v) is 21.8. The van der Waals surface area contributed by atoms with E-state index in [0.717, 1.165) is 0 Å². The average molecular weight is 542 g/mol. The number of fused-ring (bicyclic) bond motifs is 3. The van der Waals surface area contributed by atoms with E-state index in [1.807, 2.05) is 13.8 Å². The molecule has 2 aromatic rings. The second-order valence-electron chi connectivity index (χ2n) is 10.5. The molecule has 3 aliphatic rings. The number of nitrogens with two attached hydrogens (primary N) is 1. The largest absolute Gasteiger partial charge is 0.507 e. The number of phenols is 2. The highest BCUT2D eigenvalue weighted by molar-refractivity contribution is 6.31. The monoisotopic (exact) mass is 541 g/mol. The van der Waals surface area contributed by atoms with Crippen LogP contribution in [-0.2, 0) is 20.7 Å². The highest BCUT2D eigenvalue weighted by Crippen LogP contribution is 2.52. The molecule has 11 nitrogen and oxygen atoms in total. The van der Waals surface area contributed by atoms with E-state index >= 15 is 0 Å². The molecule has 1 saturated heterocycles. The fourth-order valence-electron chi connectivity index (χ4n) is 5.87. The third-order valence-electron chi connectivity index (χ3n) is 8.30. The molecule has 1 fully saturated rings. The number of methoxy groups -OCH3 is 1. The Morgan fingerprint density at radius 2 is 1.82 bits per heavy atom. The molecule has 1 aliphatic heterocycles. The maximum Gasteiger partial charge on any atom is 0.202 e. The summed E-state index contributed by atoms with van der Waals surface area (Å²) >= 11 is 0. The Bertz CT molecular complexity index is 1380. The second-order valence-corrected chi connectivity index (χ2v) is 10.5. The van der Waals surface area contributed by atoms with Gasteiger partial charge in [-0.05, 0) is 18.9 Å². The van der Waals surface area contributed by atoms with Crippen LogP contribution in [0, 0.1) is 5.92 Å². The Hall–Kier alpha value is -3.35. The van der Waals surface area contributed by atoms with Crippen molar-refractivity contribution in [1.82, 2.24) is 0 Å². The minimum atomic E-state index is -2.19. The predicted molar refractivity (Wildman–Crippen MR) is 135 cm³/mol. The van der Waals surface area contributed by atoms with Gasteiger partial charge in [-0.3, -0.25) is 14.4 Å². The molecule has 6 N–H and O–H groups in total. The maximum atomic E-state index is 13.7. The quantitative estimate of drug-likeness (QED) is 0.293. The molecule has 208 valence electrons. The lowest BCUT2D eigenvalue weighted by atomic mass is 9.72. The Labute approximate surface area is 224 Å². The van der Waals surface area contributed by atoms with Gasteiger partial charge in [0.25, 0.3) is 0 Å². The van der Waals surface area contributed by atoms with Crippen LogP contribution in [-0.4, -0.2) is 75.5 Å². The molecule has 2 aromatic carbocycles. The van der Waals surface area contributed by atoms with Crippen LogP contribution >= 0.6 is 0 Å². The molecule has 6 atom stereocenters. The molecule has 0 aromatic heterocycles. The second kappa shape index (κ2) is 9.68. The number of aromatic hydroxyl groups is 2. The number of carbonyl (C=O) groups is 3. The fourth-order valence-corrected chi connectivity index (χ4v) is 5.87. The van der Waals surface area contributed by atoms with Crippen LogP contribution in [0.5, 0.6) is 17.2 Å². The fraction of sp³-hybridized carbons (Fsp3) is 0.464. The summed E-state index contributed by atoms with van der Waals surface area (Å²) in [7, 11) is 1.34. The molecule has 1 heterocycles. The van der Waals surface area contributed by atoms with Gasteiger partial charge in [0.05, 0.1) is 36.0 Å². The highest BCUT2D eigenvalue weighted by atomic mass is 16.7.